The molecule has 1 fully saturated rings. The summed E-state index contributed by atoms with van der Waals surface area (Å²) < 4.78 is 0. The standard InChI is InChI=1S/C18H17ClN2O2/c19-15-8-4-5-9-16(15)21-18(23)14-10-13(14)17(22)20-11-12-6-2-1-3-7-12/h1-9,13-14H,10-11H2,(H,20,22)(H,21,23). The largest absolute Gasteiger partial charge is 0.352 e. The number of halogens is 1. The highest BCUT2D eigenvalue weighted by Gasteiger charge is 2.47. The van der Waals surface area contributed by atoms with Crippen molar-refractivity contribution in [3.8, 4) is 0 Å². The Balaban J connectivity index is 1.49. The fourth-order valence-corrected chi connectivity index (χ4v) is 2.66. The molecule has 0 aromatic heterocycles. The summed E-state index contributed by atoms with van der Waals surface area (Å²) in [4.78, 5) is 24.3. The predicted molar refractivity (Wildman–Crippen MR) is 90.0 cm³/mol. The van der Waals surface area contributed by atoms with Gasteiger partial charge in [-0.1, -0.05) is 54.1 Å². The predicted octanol–water partition coefficient (Wildman–Crippen LogP) is 3.23. The third-order valence-electron chi connectivity index (χ3n) is 3.91. The number of nitrogens with one attached hydrogen (secondary N) is 2. The summed E-state index contributed by atoms with van der Waals surface area (Å²) in [5.74, 6) is -0.755. The topological polar surface area (TPSA) is 58.2 Å². The molecule has 0 bridgehead atoms. The van der Waals surface area contributed by atoms with Crippen molar-refractivity contribution in [1.29, 1.82) is 0 Å². The van der Waals surface area contributed by atoms with Crippen LogP contribution in [0, 0.1) is 11.8 Å². The molecule has 1 aliphatic rings. The van der Waals surface area contributed by atoms with Crippen LogP contribution in [-0.4, -0.2) is 11.8 Å². The molecule has 2 aromatic carbocycles. The molecule has 3 rings (SSSR count). The number of hydrogen-bond acceptors (Lipinski definition) is 2. The van der Waals surface area contributed by atoms with Gasteiger partial charge in [0.25, 0.3) is 0 Å². The Morgan fingerprint density at radius 2 is 1.61 bits per heavy atom. The Kier molecular flexibility index (Phi) is 4.63. The second kappa shape index (κ2) is 6.84. The Morgan fingerprint density at radius 3 is 2.35 bits per heavy atom. The van der Waals surface area contributed by atoms with E-state index in [1.807, 2.05) is 30.3 Å². The van der Waals surface area contributed by atoms with Gasteiger partial charge < -0.3 is 10.6 Å². The number of para-hydroxylation sites is 1. The van der Waals surface area contributed by atoms with Gasteiger partial charge in [-0.15, -0.1) is 0 Å². The highest BCUT2D eigenvalue weighted by molar-refractivity contribution is 6.33. The van der Waals surface area contributed by atoms with Crippen LogP contribution in [0.4, 0.5) is 5.69 Å². The smallest absolute Gasteiger partial charge is 0.228 e. The monoisotopic (exact) mass is 328 g/mol. The maximum Gasteiger partial charge on any atom is 0.228 e. The summed E-state index contributed by atoms with van der Waals surface area (Å²) in [5.41, 5.74) is 1.62. The average molecular weight is 329 g/mol. The van der Waals surface area contributed by atoms with Gasteiger partial charge in [-0.25, -0.2) is 0 Å². The lowest BCUT2D eigenvalue weighted by Crippen LogP contribution is -2.27. The first kappa shape index (κ1) is 15.6. The molecular formula is C18H17ClN2O2. The molecule has 2 amide bonds. The number of hydrogen-bond donors (Lipinski definition) is 2. The van der Waals surface area contributed by atoms with Crippen LogP contribution >= 0.6 is 11.6 Å². The molecule has 0 spiro atoms. The van der Waals surface area contributed by atoms with Gasteiger partial charge in [0.05, 0.1) is 22.5 Å². The third kappa shape index (κ3) is 3.90. The van der Waals surface area contributed by atoms with Crippen LogP contribution in [0.15, 0.2) is 54.6 Å². The van der Waals surface area contributed by atoms with E-state index in [4.69, 9.17) is 11.6 Å². The first-order valence-corrected chi connectivity index (χ1v) is 7.90. The van der Waals surface area contributed by atoms with Crippen molar-refractivity contribution in [2.75, 3.05) is 5.32 Å². The fourth-order valence-electron chi connectivity index (χ4n) is 2.48. The van der Waals surface area contributed by atoms with E-state index in [0.717, 1.165) is 5.56 Å². The van der Waals surface area contributed by atoms with Crippen LogP contribution in [0.1, 0.15) is 12.0 Å². The molecule has 0 saturated heterocycles. The number of anilines is 1. The van der Waals surface area contributed by atoms with Gasteiger partial charge in [0, 0.05) is 6.54 Å². The first-order valence-electron chi connectivity index (χ1n) is 7.52. The Bertz CT molecular complexity index is 718. The molecule has 4 nitrogen and oxygen atoms in total. The van der Waals surface area contributed by atoms with Gasteiger partial charge in [0.2, 0.25) is 11.8 Å². The van der Waals surface area contributed by atoms with Crippen LogP contribution in [0.2, 0.25) is 5.02 Å². The third-order valence-corrected chi connectivity index (χ3v) is 4.23. The second-order valence-electron chi connectivity index (χ2n) is 5.62. The van der Waals surface area contributed by atoms with Crippen LogP contribution in [0.25, 0.3) is 0 Å². The number of rotatable bonds is 5. The van der Waals surface area contributed by atoms with Gasteiger partial charge in [-0.2, -0.15) is 0 Å². The normalized spacial score (nSPS) is 19.0. The molecule has 23 heavy (non-hydrogen) atoms. The fraction of sp³-hybridized carbons (Fsp3) is 0.222. The van der Waals surface area contributed by atoms with Crippen molar-refractivity contribution in [2.24, 2.45) is 11.8 Å². The average Bonchev–Trinajstić information content (AvgIpc) is 3.36. The van der Waals surface area contributed by atoms with Gasteiger partial charge >= 0.3 is 0 Å². The summed E-state index contributed by atoms with van der Waals surface area (Å²) in [6.07, 6.45) is 0.580. The van der Waals surface area contributed by atoms with Crippen molar-refractivity contribution < 1.29 is 9.59 Å². The lowest BCUT2D eigenvalue weighted by Gasteiger charge is -2.07. The molecular weight excluding hydrogens is 312 g/mol. The molecule has 0 heterocycles. The lowest BCUT2D eigenvalue weighted by atomic mass is 10.2. The van der Waals surface area contributed by atoms with Crippen LogP contribution in [0.5, 0.6) is 0 Å². The van der Waals surface area contributed by atoms with E-state index in [0.29, 0.717) is 23.7 Å². The Morgan fingerprint density at radius 1 is 0.957 bits per heavy atom. The maximum absolute atomic E-state index is 12.2. The zero-order valence-corrected chi connectivity index (χ0v) is 13.2. The molecule has 5 heteroatoms. The van der Waals surface area contributed by atoms with E-state index in [9.17, 15) is 9.59 Å². The van der Waals surface area contributed by atoms with E-state index in [2.05, 4.69) is 10.6 Å². The SMILES string of the molecule is O=C(NCc1ccccc1)C1CC1C(=O)Nc1ccccc1Cl. The lowest BCUT2D eigenvalue weighted by molar-refractivity contribution is -0.125. The second-order valence-corrected chi connectivity index (χ2v) is 6.03. The van der Waals surface area contributed by atoms with E-state index < -0.39 is 0 Å². The minimum atomic E-state index is -0.276. The highest BCUT2D eigenvalue weighted by atomic mass is 35.5. The van der Waals surface area contributed by atoms with Gasteiger partial charge in [0.15, 0.2) is 0 Å². The van der Waals surface area contributed by atoms with E-state index >= 15 is 0 Å². The van der Waals surface area contributed by atoms with Crippen molar-refractivity contribution in [2.45, 2.75) is 13.0 Å². The van der Waals surface area contributed by atoms with E-state index in [1.165, 1.54) is 0 Å². The molecule has 0 aliphatic heterocycles. The summed E-state index contributed by atoms with van der Waals surface area (Å²) in [6.45, 7) is 0.481. The van der Waals surface area contributed by atoms with E-state index in [-0.39, 0.29) is 23.7 Å². The molecule has 1 saturated carbocycles. The number of amides is 2. The van der Waals surface area contributed by atoms with Crippen molar-refractivity contribution in [3.05, 3.63) is 65.2 Å². The van der Waals surface area contributed by atoms with Gasteiger partial charge in [-0.3, -0.25) is 9.59 Å². The zero-order chi connectivity index (χ0) is 16.2. The minimum absolute atomic E-state index is 0.0758. The maximum atomic E-state index is 12.2. The summed E-state index contributed by atoms with van der Waals surface area (Å²) in [6, 6.07) is 16.8. The summed E-state index contributed by atoms with van der Waals surface area (Å²) in [7, 11) is 0. The van der Waals surface area contributed by atoms with Gasteiger partial charge in [-0.05, 0) is 24.1 Å². The Hall–Kier alpha value is -2.33. The quantitative estimate of drug-likeness (QED) is 0.885. The molecule has 0 radical (unpaired) electrons. The molecule has 2 N–H and O–H groups in total. The summed E-state index contributed by atoms with van der Waals surface area (Å²) >= 11 is 6.02. The van der Waals surface area contributed by atoms with Crippen molar-refractivity contribution in [1.82, 2.24) is 5.32 Å². The number of carbonyl (C=O) groups is 2. The molecule has 2 unspecified atom stereocenters. The van der Waals surface area contributed by atoms with Crippen LogP contribution in [-0.2, 0) is 16.1 Å². The molecule has 2 aromatic rings. The Labute approximate surface area is 139 Å². The molecule has 2 atom stereocenters. The minimum Gasteiger partial charge on any atom is -0.352 e. The first-order chi connectivity index (χ1) is 11.1. The van der Waals surface area contributed by atoms with Crippen molar-refractivity contribution >= 4 is 29.1 Å². The number of carbonyl (C=O) groups excluding carboxylic acids is 2. The summed E-state index contributed by atoms with van der Waals surface area (Å²) in [5, 5.41) is 6.15. The zero-order valence-electron chi connectivity index (χ0n) is 12.5. The molecule has 118 valence electrons. The number of benzene rings is 2. The van der Waals surface area contributed by atoms with Gasteiger partial charge in [0.1, 0.15) is 0 Å². The molecule has 1 aliphatic carbocycles. The van der Waals surface area contributed by atoms with Crippen molar-refractivity contribution in [3.63, 3.8) is 0 Å². The van der Waals surface area contributed by atoms with E-state index in [1.54, 1.807) is 24.3 Å². The van der Waals surface area contributed by atoms with Crippen LogP contribution in [0.3, 0.4) is 0 Å². The highest BCUT2D eigenvalue weighted by Crippen LogP contribution is 2.40. The van der Waals surface area contributed by atoms with Crippen LogP contribution < -0.4 is 10.6 Å².